The van der Waals surface area contributed by atoms with Gasteiger partial charge in [-0.15, -0.1) is 11.3 Å². The number of hydrogen-bond donors (Lipinski definition) is 1. The Labute approximate surface area is 225 Å². The van der Waals surface area contributed by atoms with Crippen LogP contribution in [0.1, 0.15) is 56.1 Å². The lowest BCUT2D eigenvalue weighted by atomic mass is 9.82. The molecule has 38 heavy (non-hydrogen) atoms. The zero-order valence-corrected chi connectivity index (χ0v) is 22.6. The van der Waals surface area contributed by atoms with Crippen LogP contribution >= 0.6 is 11.3 Å². The lowest BCUT2D eigenvalue weighted by molar-refractivity contribution is -0.123. The SMILES string of the molecule is CC1CCC(C(=O)N(c2cc(-c3ccc4c(c3)OCn3c-4nc4ccccc43)sc2C(=O)O)C(C)C)CC1. The fourth-order valence-electron chi connectivity index (χ4n) is 5.74. The molecule has 3 heterocycles. The van der Waals surface area contributed by atoms with Crippen molar-refractivity contribution in [3.8, 4) is 27.6 Å². The normalized spacial score (nSPS) is 18.6. The maximum absolute atomic E-state index is 13.7. The van der Waals surface area contributed by atoms with E-state index in [0.29, 0.717) is 24.1 Å². The molecule has 1 fully saturated rings. The number of hydrogen-bond acceptors (Lipinski definition) is 5. The third-order valence-corrected chi connectivity index (χ3v) is 8.96. The predicted octanol–water partition coefficient (Wildman–Crippen LogP) is 7.05. The third-order valence-electron chi connectivity index (χ3n) is 7.80. The van der Waals surface area contributed by atoms with Gasteiger partial charge in [0, 0.05) is 16.8 Å². The predicted molar refractivity (Wildman–Crippen MR) is 150 cm³/mol. The molecule has 0 atom stereocenters. The fourth-order valence-corrected chi connectivity index (χ4v) is 6.72. The standard InChI is InChI=1S/C30H31N3O4S/c1-17(2)33(29(34)19-10-8-18(3)9-11-19)24-15-26(38-27(24)30(35)36)20-12-13-21-25(14-20)37-16-32-23-7-5-4-6-22(23)31-28(21)32/h4-7,12-15,17-19H,8-11,16H2,1-3H3,(H,35,36). The van der Waals surface area contributed by atoms with Crippen molar-refractivity contribution in [3.05, 3.63) is 53.4 Å². The number of carbonyl (C=O) groups is 2. The Kier molecular flexibility index (Phi) is 6.22. The Hall–Kier alpha value is -3.65. The van der Waals surface area contributed by atoms with Crippen LogP contribution in [0.5, 0.6) is 5.75 Å². The molecule has 2 aliphatic rings. The zero-order chi connectivity index (χ0) is 26.6. The summed E-state index contributed by atoms with van der Waals surface area (Å²) in [5.41, 5.74) is 4.18. The van der Waals surface area contributed by atoms with Crippen molar-refractivity contribution in [2.45, 2.75) is 59.2 Å². The van der Waals surface area contributed by atoms with E-state index in [1.54, 1.807) is 4.90 Å². The molecule has 1 amide bonds. The van der Waals surface area contributed by atoms with Crippen LogP contribution in [0.25, 0.3) is 32.9 Å². The quantitative estimate of drug-likeness (QED) is 0.299. The molecule has 0 unspecified atom stereocenters. The van der Waals surface area contributed by atoms with E-state index < -0.39 is 5.97 Å². The molecule has 0 spiro atoms. The van der Waals surface area contributed by atoms with Crippen molar-refractivity contribution in [3.63, 3.8) is 0 Å². The number of rotatable bonds is 5. The molecule has 0 radical (unpaired) electrons. The van der Waals surface area contributed by atoms with Gasteiger partial charge in [0.05, 0.1) is 22.3 Å². The highest BCUT2D eigenvalue weighted by Gasteiger charge is 2.33. The van der Waals surface area contributed by atoms with Crippen molar-refractivity contribution in [1.29, 1.82) is 0 Å². The molecule has 8 heteroatoms. The van der Waals surface area contributed by atoms with Crippen LogP contribution < -0.4 is 9.64 Å². The van der Waals surface area contributed by atoms with Gasteiger partial charge in [0.25, 0.3) is 0 Å². The monoisotopic (exact) mass is 529 g/mol. The van der Waals surface area contributed by atoms with Gasteiger partial charge in [-0.2, -0.15) is 0 Å². The fraction of sp³-hybridized carbons (Fsp3) is 0.367. The summed E-state index contributed by atoms with van der Waals surface area (Å²) in [7, 11) is 0. The average molecular weight is 530 g/mol. The van der Waals surface area contributed by atoms with Crippen molar-refractivity contribution in [2.75, 3.05) is 4.90 Å². The van der Waals surface area contributed by atoms with E-state index >= 15 is 0 Å². The minimum absolute atomic E-state index is 0.0337. The van der Waals surface area contributed by atoms with Gasteiger partial charge < -0.3 is 14.7 Å². The molecule has 0 bridgehead atoms. The molecule has 0 saturated heterocycles. The minimum atomic E-state index is -1.02. The summed E-state index contributed by atoms with van der Waals surface area (Å²) >= 11 is 1.20. The number of aromatic nitrogens is 2. The van der Waals surface area contributed by atoms with Gasteiger partial charge in [-0.3, -0.25) is 9.36 Å². The second kappa shape index (κ2) is 9.58. The molecule has 6 rings (SSSR count). The Bertz CT molecular complexity index is 1540. The second-order valence-corrected chi connectivity index (χ2v) is 11.8. The number of imidazole rings is 1. The van der Waals surface area contributed by atoms with Crippen molar-refractivity contribution < 1.29 is 19.4 Å². The highest BCUT2D eigenvalue weighted by molar-refractivity contribution is 7.18. The van der Waals surface area contributed by atoms with Gasteiger partial charge in [0.1, 0.15) is 16.5 Å². The van der Waals surface area contributed by atoms with Gasteiger partial charge in [-0.25, -0.2) is 9.78 Å². The first-order chi connectivity index (χ1) is 18.3. The molecule has 1 N–H and O–H groups in total. The smallest absolute Gasteiger partial charge is 0.348 e. The Balaban J connectivity index is 1.37. The highest BCUT2D eigenvalue weighted by Crippen LogP contribution is 2.43. The maximum Gasteiger partial charge on any atom is 0.348 e. The van der Waals surface area contributed by atoms with Crippen molar-refractivity contribution in [2.24, 2.45) is 11.8 Å². The molecule has 1 aliphatic carbocycles. The summed E-state index contributed by atoms with van der Waals surface area (Å²) in [5, 5.41) is 10.1. The Morgan fingerprint density at radius 3 is 2.61 bits per heavy atom. The van der Waals surface area contributed by atoms with E-state index in [2.05, 4.69) is 11.5 Å². The summed E-state index contributed by atoms with van der Waals surface area (Å²) in [6, 6.07) is 15.6. The Morgan fingerprint density at radius 2 is 1.87 bits per heavy atom. The summed E-state index contributed by atoms with van der Waals surface area (Å²) < 4.78 is 8.18. The van der Waals surface area contributed by atoms with E-state index in [1.807, 2.05) is 62.4 Å². The Morgan fingerprint density at radius 1 is 1.11 bits per heavy atom. The average Bonchev–Trinajstić information content (AvgIpc) is 3.51. The van der Waals surface area contributed by atoms with Gasteiger partial charge in [-0.1, -0.05) is 25.1 Å². The van der Waals surface area contributed by atoms with Crippen LogP contribution in [0.3, 0.4) is 0 Å². The molecule has 1 saturated carbocycles. The first-order valence-electron chi connectivity index (χ1n) is 13.2. The number of aromatic carboxylic acids is 1. The van der Waals surface area contributed by atoms with Crippen LogP contribution in [0.15, 0.2) is 48.5 Å². The molecule has 2 aromatic carbocycles. The molecule has 196 valence electrons. The number of carboxylic acids is 1. The number of carboxylic acid groups (broad SMARTS) is 1. The zero-order valence-electron chi connectivity index (χ0n) is 21.8. The molecule has 1 aliphatic heterocycles. The topological polar surface area (TPSA) is 84.7 Å². The number of carbonyl (C=O) groups excluding carboxylic acids is 1. The van der Waals surface area contributed by atoms with Crippen LogP contribution in [0.4, 0.5) is 5.69 Å². The number of fused-ring (bicyclic) bond motifs is 5. The number of amides is 1. The van der Waals surface area contributed by atoms with Crippen molar-refractivity contribution in [1.82, 2.24) is 9.55 Å². The number of nitrogens with zero attached hydrogens (tertiary/aromatic N) is 3. The summed E-state index contributed by atoms with van der Waals surface area (Å²) in [5.74, 6) is 1.16. The molecule has 4 aromatic rings. The summed E-state index contributed by atoms with van der Waals surface area (Å²) in [4.78, 5) is 33.5. The van der Waals surface area contributed by atoms with Gasteiger partial charge >= 0.3 is 5.97 Å². The van der Waals surface area contributed by atoms with Gasteiger partial charge in [-0.05, 0) is 81.3 Å². The van der Waals surface area contributed by atoms with Gasteiger partial charge in [0.15, 0.2) is 6.73 Å². The van der Waals surface area contributed by atoms with E-state index in [0.717, 1.165) is 58.5 Å². The number of ether oxygens (including phenoxy) is 1. The van der Waals surface area contributed by atoms with E-state index in [4.69, 9.17) is 9.72 Å². The third kappa shape index (κ3) is 4.17. The van der Waals surface area contributed by atoms with E-state index in [1.165, 1.54) is 11.3 Å². The number of thiophene rings is 1. The van der Waals surface area contributed by atoms with E-state index in [9.17, 15) is 14.7 Å². The highest BCUT2D eigenvalue weighted by atomic mass is 32.1. The lowest BCUT2D eigenvalue weighted by Crippen LogP contribution is -2.42. The summed E-state index contributed by atoms with van der Waals surface area (Å²) in [6.45, 7) is 6.49. The molecular weight excluding hydrogens is 498 g/mol. The molecule has 2 aromatic heterocycles. The summed E-state index contributed by atoms with van der Waals surface area (Å²) in [6.07, 6.45) is 3.78. The van der Waals surface area contributed by atoms with Crippen LogP contribution in [0.2, 0.25) is 0 Å². The number of anilines is 1. The first kappa shape index (κ1) is 24.7. The molecular formula is C30H31N3O4S. The maximum atomic E-state index is 13.7. The van der Waals surface area contributed by atoms with Crippen LogP contribution in [-0.2, 0) is 11.5 Å². The largest absolute Gasteiger partial charge is 0.477 e. The van der Waals surface area contributed by atoms with Gasteiger partial charge in [0.2, 0.25) is 5.91 Å². The van der Waals surface area contributed by atoms with Crippen LogP contribution in [0, 0.1) is 11.8 Å². The number of para-hydroxylation sites is 2. The number of benzene rings is 2. The van der Waals surface area contributed by atoms with E-state index in [-0.39, 0.29) is 22.7 Å². The van der Waals surface area contributed by atoms with Crippen molar-refractivity contribution >= 4 is 39.9 Å². The first-order valence-corrected chi connectivity index (χ1v) is 14.1. The second-order valence-electron chi connectivity index (χ2n) is 10.7. The molecule has 7 nitrogen and oxygen atoms in total. The minimum Gasteiger partial charge on any atom is -0.477 e. The van der Waals surface area contributed by atoms with Crippen LogP contribution in [-0.4, -0.2) is 32.6 Å². The lowest BCUT2D eigenvalue weighted by Gasteiger charge is -2.33.